The highest BCUT2D eigenvalue weighted by molar-refractivity contribution is 6.15. The Labute approximate surface area is 135 Å². The van der Waals surface area contributed by atoms with Crippen molar-refractivity contribution in [2.45, 2.75) is 44.8 Å². The maximum Gasteiger partial charge on any atom is 0.181 e. The molecule has 0 aromatic heterocycles. The van der Waals surface area contributed by atoms with Crippen LogP contribution in [0.1, 0.15) is 37.8 Å². The molecule has 126 valence electrons. The average molecular weight is 321 g/mol. The Morgan fingerprint density at radius 1 is 1.22 bits per heavy atom. The van der Waals surface area contributed by atoms with Crippen LogP contribution in [0.4, 0.5) is 0 Å². The third kappa shape index (κ3) is 3.02. The van der Waals surface area contributed by atoms with Gasteiger partial charge in [-0.1, -0.05) is 6.07 Å². The van der Waals surface area contributed by atoms with Gasteiger partial charge in [0.25, 0.3) is 0 Å². The van der Waals surface area contributed by atoms with Crippen molar-refractivity contribution in [2.24, 2.45) is 5.90 Å². The van der Waals surface area contributed by atoms with Crippen molar-refractivity contribution in [1.82, 2.24) is 0 Å². The number of methoxy groups -OCH3 is 1. The zero-order valence-corrected chi connectivity index (χ0v) is 14.1. The zero-order valence-electron chi connectivity index (χ0n) is 14.1. The first-order chi connectivity index (χ1) is 10.7. The Morgan fingerprint density at radius 2 is 1.87 bits per heavy atom. The van der Waals surface area contributed by atoms with E-state index in [0.717, 1.165) is 5.56 Å². The molecule has 0 spiro atoms. The number of carbonyl (C=O) groups is 2. The third-order valence-electron chi connectivity index (χ3n) is 4.24. The summed E-state index contributed by atoms with van der Waals surface area (Å²) < 4.78 is 10.9. The van der Waals surface area contributed by atoms with Crippen molar-refractivity contribution in [2.75, 3.05) is 13.7 Å². The molecular formula is C17H23NO5. The van der Waals surface area contributed by atoms with Crippen molar-refractivity contribution in [3.63, 3.8) is 0 Å². The molecule has 0 bridgehead atoms. The van der Waals surface area contributed by atoms with Gasteiger partial charge in [0.05, 0.1) is 6.61 Å². The summed E-state index contributed by atoms with van der Waals surface area (Å²) in [7, 11) is 1.49. The number of Topliss-reactive ketones (excluding diaryl/α,β-unsaturated/α-hetero) is 2. The quantitative estimate of drug-likeness (QED) is 0.670. The number of rotatable bonds is 4. The van der Waals surface area contributed by atoms with E-state index in [4.69, 9.17) is 20.2 Å². The van der Waals surface area contributed by atoms with Gasteiger partial charge in [0.2, 0.25) is 0 Å². The van der Waals surface area contributed by atoms with E-state index in [9.17, 15) is 9.59 Å². The fourth-order valence-corrected chi connectivity index (χ4v) is 3.10. The number of benzene rings is 1. The predicted octanol–water partition coefficient (Wildman–Crippen LogP) is 1.68. The van der Waals surface area contributed by atoms with Crippen LogP contribution < -0.4 is 10.7 Å². The number of carbonyl (C=O) groups excluding carboxylic acids is 2. The highest BCUT2D eigenvalue weighted by Crippen LogP contribution is 2.40. The molecule has 0 radical (unpaired) electrons. The Balaban J connectivity index is 2.58. The minimum atomic E-state index is -1.19. The fourth-order valence-electron chi connectivity index (χ4n) is 3.10. The number of ether oxygens (including phenoxy) is 2. The second-order valence-electron chi connectivity index (χ2n) is 6.57. The second kappa shape index (κ2) is 6.03. The number of hydrogen-bond donors (Lipinski definition) is 1. The summed E-state index contributed by atoms with van der Waals surface area (Å²) in [6.07, 6.45) is 0. The smallest absolute Gasteiger partial charge is 0.181 e. The Hall–Kier alpha value is -1.76. The van der Waals surface area contributed by atoms with E-state index in [0.29, 0.717) is 11.3 Å². The van der Waals surface area contributed by atoms with Gasteiger partial charge in [0.15, 0.2) is 11.6 Å². The van der Waals surface area contributed by atoms with Crippen molar-refractivity contribution >= 4 is 11.6 Å². The van der Waals surface area contributed by atoms with Crippen LogP contribution in [0, 0.1) is 6.92 Å². The van der Waals surface area contributed by atoms with E-state index in [1.807, 2.05) is 6.92 Å². The van der Waals surface area contributed by atoms with Crippen LogP contribution >= 0.6 is 0 Å². The Morgan fingerprint density at radius 3 is 2.43 bits per heavy atom. The molecule has 2 unspecified atom stereocenters. The molecule has 2 atom stereocenters. The van der Waals surface area contributed by atoms with Crippen LogP contribution in [0.25, 0.3) is 0 Å². The Bertz CT molecular complexity index is 640. The monoisotopic (exact) mass is 321 g/mol. The highest BCUT2D eigenvalue weighted by atomic mass is 16.6. The second-order valence-corrected chi connectivity index (χ2v) is 6.57. The van der Waals surface area contributed by atoms with Crippen LogP contribution in [0.3, 0.4) is 0 Å². The van der Waals surface area contributed by atoms with Gasteiger partial charge < -0.3 is 14.3 Å². The van der Waals surface area contributed by atoms with E-state index >= 15 is 0 Å². The molecule has 1 aliphatic heterocycles. The molecule has 2 N–H and O–H groups in total. The third-order valence-corrected chi connectivity index (χ3v) is 4.24. The molecule has 1 aromatic rings. The summed E-state index contributed by atoms with van der Waals surface area (Å²) in [6.45, 7) is 6.90. The molecule has 0 aliphatic carbocycles. The van der Waals surface area contributed by atoms with E-state index in [1.54, 1.807) is 39.0 Å². The highest BCUT2D eigenvalue weighted by Gasteiger charge is 2.55. The van der Waals surface area contributed by atoms with Gasteiger partial charge in [-0.3, -0.25) is 9.59 Å². The summed E-state index contributed by atoms with van der Waals surface area (Å²) in [6, 6.07) is 5.09. The summed E-state index contributed by atoms with van der Waals surface area (Å²) >= 11 is 0. The maximum absolute atomic E-state index is 13.0. The van der Waals surface area contributed by atoms with E-state index in [2.05, 4.69) is 0 Å². The lowest BCUT2D eigenvalue weighted by Gasteiger charge is -2.44. The molecule has 0 saturated carbocycles. The molecular weight excluding hydrogens is 298 g/mol. The van der Waals surface area contributed by atoms with Crippen molar-refractivity contribution in [1.29, 1.82) is 0 Å². The minimum Gasteiger partial charge on any atom is -0.412 e. The predicted molar refractivity (Wildman–Crippen MR) is 84.2 cm³/mol. The first-order valence-corrected chi connectivity index (χ1v) is 7.41. The summed E-state index contributed by atoms with van der Waals surface area (Å²) in [5, 5.41) is 0. The van der Waals surface area contributed by atoms with Crippen LogP contribution in [0.2, 0.25) is 0 Å². The van der Waals surface area contributed by atoms with Gasteiger partial charge in [-0.05, 0) is 51.0 Å². The van der Waals surface area contributed by atoms with E-state index < -0.39 is 17.1 Å². The van der Waals surface area contributed by atoms with Crippen LogP contribution in [0.15, 0.2) is 18.2 Å². The fraction of sp³-hybridized carbons (Fsp3) is 0.529. The molecule has 23 heavy (non-hydrogen) atoms. The number of nitrogens with two attached hydrogens (primary N) is 1. The minimum absolute atomic E-state index is 0.0746. The topological polar surface area (TPSA) is 87.8 Å². The summed E-state index contributed by atoms with van der Waals surface area (Å²) in [4.78, 5) is 30.6. The molecule has 2 rings (SSSR count). The van der Waals surface area contributed by atoms with Crippen LogP contribution in [-0.4, -0.2) is 36.5 Å². The summed E-state index contributed by atoms with van der Waals surface area (Å²) in [5.74, 6) is 4.06. The zero-order chi connectivity index (χ0) is 17.4. The SMILES string of the molecule is COCC1(C)OC(C)(C)C(=O)C(c2cc(ON)ccc2C)C1=O. The van der Waals surface area contributed by atoms with Gasteiger partial charge in [0, 0.05) is 7.11 Å². The van der Waals surface area contributed by atoms with Gasteiger partial charge in [-0.25, -0.2) is 0 Å². The lowest BCUT2D eigenvalue weighted by molar-refractivity contribution is -0.195. The first-order valence-electron chi connectivity index (χ1n) is 7.41. The normalized spacial score (nSPS) is 27.1. The number of ketones is 2. The average Bonchev–Trinajstić information content (AvgIpc) is 2.47. The van der Waals surface area contributed by atoms with Crippen molar-refractivity contribution in [3.05, 3.63) is 29.3 Å². The Kier molecular flexibility index (Phi) is 4.61. The summed E-state index contributed by atoms with van der Waals surface area (Å²) in [5.41, 5.74) is -0.891. The van der Waals surface area contributed by atoms with Gasteiger partial charge in [-0.2, -0.15) is 5.90 Å². The van der Waals surface area contributed by atoms with Gasteiger partial charge in [-0.15, -0.1) is 0 Å². The molecule has 1 aliphatic rings. The molecule has 0 amide bonds. The molecule has 1 saturated heterocycles. The van der Waals surface area contributed by atoms with E-state index in [-0.39, 0.29) is 18.2 Å². The molecule has 6 nitrogen and oxygen atoms in total. The molecule has 1 heterocycles. The maximum atomic E-state index is 13.0. The molecule has 1 aromatic carbocycles. The lowest BCUT2D eigenvalue weighted by Crippen LogP contribution is -2.61. The number of aryl methyl sites for hydroxylation is 1. The lowest BCUT2D eigenvalue weighted by atomic mass is 9.73. The van der Waals surface area contributed by atoms with Crippen molar-refractivity contribution in [3.8, 4) is 5.75 Å². The van der Waals surface area contributed by atoms with Gasteiger partial charge >= 0.3 is 0 Å². The molecule has 6 heteroatoms. The van der Waals surface area contributed by atoms with Crippen molar-refractivity contribution < 1.29 is 23.9 Å². The number of hydrogen-bond acceptors (Lipinski definition) is 6. The standard InChI is InChI=1S/C17H23NO5/c1-10-6-7-11(22-18)8-12(10)13-14(19)16(2,3)23-17(4,9-21-5)15(13)20/h6-8,13H,9,18H2,1-5H3. The van der Waals surface area contributed by atoms with E-state index in [1.165, 1.54) is 7.11 Å². The van der Waals surface area contributed by atoms with Crippen LogP contribution in [0.5, 0.6) is 5.75 Å². The van der Waals surface area contributed by atoms with Gasteiger partial charge in [0.1, 0.15) is 22.9 Å². The first kappa shape index (κ1) is 17.6. The largest absolute Gasteiger partial charge is 0.412 e. The van der Waals surface area contributed by atoms with Crippen LogP contribution in [-0.2, 0) is 19.1 Å². The molecule has 1 fully saturated rings.